The number of methoxy groups -OCH3 is 1. The molecule has 9 nitrogen and oxygen atoms in total. The number of aliphatic imine (C=N–C) groups is 1. The molecule has 0 saturated carbocycles. The van der Waals surface area contributed by atoms with E-state index in [1.54, 1.807) is 21.2 Å². The van der Waals surface area contributed by atoms with E-state index in [4.69, 9.17) is 9.47 Å². The summed E-state index contributed by atoms with van der Waals surface area (Å²) in [5.41, 5.74) is 0. The highest BCUT2D eigenvalue weighted by Crippen LogP contribution is 2.16. The van der Waals surface area contributed by atoms with Crippen molar-refractivity contribution in [2.24, 2.45) is 4.99 Å². The summed E-state index contributed by atoms with van der Waals surface area (Å²) in [7, 11) is 5.07. The van der Waals surface area contributed by atoms with Crippen LogP contribution in [0.5, 0.6) is 0 Å². The number of rotatable bonds is 6. The third kappa shape index (κ3) is 5.84. The van der Waals surface area contributed by atoms with Gasteiger partial charge in [0, 0.05) is 60.5 Å². The molecule has 2 fully saturated rings. The highest BCUT2D eigenvalue weighted by Gasteiger charge is 2.30. The number of hydrogen-bond donors (Lipinski definition) is 1. The molecular weight excluding hydrogens is 338 g/mol. The van der Waals surface area contributed by atoms with E-state index in [9.17, 15) is 9.59 Å². The Kier molecular flexibility index (Phi) is 8.11. The highest BCUT2D eigenvalue weighted by atomic mass is 16.5. The first-order valence-corrected chi connectivity index (χ1v) is 9.15. The molecule has 0 bridgehead atoms. The summed E-state index contributed by atoms with van der Waals surface area (Å²) in [4.78, 5) is 34.2. The van der Waals surface area contributed by atoms with Crippen molar-refractivity contribution in [3.8, 4) is 0 Å². The second kappa shape index (κ2) is 10.3. The van der Waals surface area contributed by atoms with Gasteiger partial charge in [0.1, 0.15) is 12.6 Å². The molecule has 0 radical (unpaired) electrons. The van der Waals surface area contributed by atoms with Crippen molar-refractivity contribution in [2.45, 2.75) is 18.9 Å². The molecule has 2 saturated heterocycles. The molecule has 2 aliphatic rings. The molecule has 2 heterocycles. The SMILES string of the molecule is COCCNC(=NCC(=O)N(C)C)N1CCN(C(=O)C2CCCO2)CC1. The van der Waals surface area contributed by atoms with Crippen molar-refractivity contribution in [2.75, 3.05) is 73.7 Å². The Hall–Kier alpha value is -1.87. The fourth-order valence-electron chi connectivity index (χ4n) is 2.93. The molecule has 2 rings (SSSR count). The van der Waals surface area contributed by atoms with Crippen LogP contribution in [0.2, 0.25) is 0 Å². The van der Waals surface area contributed by atoms with Gasteiger partial charge >= 0.3 is 0 Å². The maximum Gasteiger partial charge on any atom is 0.251 e. The Labute approximate surface area is 155 Å². The Morgan fingerprint density at radius 1 is 1.23 bits per heavy atom. The minimum atomic E-state index is -0.271. The van der Waals surface area contributed by atoms with Crippen LogP contribution < -0.4 is 5.32 Å². The van der Waals surface area contributed by atoms with Crippen molar-refractivity contribution in [1.29, 1.82) is 0 Å². The predicted octanol–water partition coefficient (Wildman–Crippen LogP) is -1.01. The van der Waals surface area contributed by atoms with Gasteiger partial charge in [-0.25, -0.2) is 4.99 Å². The third-order valence-corrected chi connectivity index (χ3v) is 4.55. The quantitative estimate of drug-likeness (QED) is 0.367. The molecule has 0 spiro atoms. The molecule has 2 aliphatic heterocycles. The molecular formula is C17H31N5O4. The average Bonchev–Trinajstić information content (AvgIpc) is 3.18. The van der Waals surface area contributed by atoms with E-state index >= 15 is 0 Å². The molecule has 1 N–H and O–H groups in total. The summed E-state index contributed by atoms with van der Waals surface area (Å²) in [6, 6.07) is 0. The van der Waals surface area contributed by atoms with Crippen LogP contribution in [0.25, 0.3) is 0 Å². The first-order valence-electron chi connectivity index (χ1n) is 9.15. The van der Waals surface area contributed by atoms with Gasteiger partial charge in [0.15, 0.2) is 5.96 Å². The number of nitrogens with one attached hydrogen (secondary N) is 1. The standard InChI is InChI=1S/C17H31N5O4/c1-20(2)15(23)13-19-17(18-6-12-25-3)22-9-7-21(8-10-22)16(24)14-5-4-11-26-14/h14H,4-13H2,1-3H3,(H,18,19). The molecule has 148 valence electrons. The Balaban J connectivity index is 1.90. The second-order valence-corrected chi connectivity index (χ2v) is 6.66. The van der Waals surface area contributed by atoms with Gasteiger partial charge in [0.05, 0.1) is 6.61 Å². The molecule has 0 aromatic carbocycles. The number of ether oxygens (including phenoxy) is 2. The zero-order chi connectivity index (χ0) is 18.9. The molecule has 0 aromatic heterocycles. The number of nitrogens with zero attached hydrogens (tertiary/aromatic N) is 4. The topological polar surface area (TPSA) is 86.7 Å². The maximum atomic E-state index is 12.4. The molecule has 2 amide bonds. The van der Waals surface area contributed by atoms with Crippen LogP contribution in [0.4, 0.5) is 0 Å². The van der Waals surface area contributed by atoms with Crippen LogP contribution in [0.3, 0.4) is 0 Å². The fourth-order valence-corrected chi connectivity index (χ4v) is 2.93. The lowest BCUT2D eigenvalue weighted by atomic mass is 10.2. The van der Waals surface area contributed by atoms with E-state index in [1.165, 1.54) is 4.90 Å². The van der Waals surface area contributed by atoms with Crippen LogP contribution >= 0.6 is 0 Å². The number of guanidine groups is 1. The van der Waals surface area contributed by atoms with Crippen LogP contribution in [0.15, 0.2) is 4.99 Å². The maximum absolute atomic E-state index is 12.4. The Morgan fingerprint density at radius 2 is 1.92 bits per heavy atom. The first-order chi connectivity index (χ1) is 12.5. The zero-order valence-electron chi connectivity index (χ0n) is 16.1. The number of likely N-dealkylation sites (N-methyl/N-ethyl adjacent to an activating group) is 1. The van der Waals surface area contributed by atoms with E-state index in [1.807, 2.05) is 4.90 Å². The summed E-state index contributed by atoms with van der Waals surface area (Å²) in [6.07, 6.45) is 1.50. The largest absolute Gasteiger partial charge is 0.383 e. The monoisotopic (exact) mass is 369 g/mol. The fraction of sp³-hybridized carbons (Fsp3) is 0.824. The Bertz CT molecular complexity index is 497. The molecule has 1 unspecified atom stereocenters. The second-order valence-electron chi connectivity index (χ2n) is 6.66. The van der Waals surface area contributed by atoms with Gasteiger partial charge < -0.3 is 29.5 Å². The van der Waals surface area contributed by atoms with E-state index in [2.05, 4.69) is 15.2 Å². The molecule has 1 atom stereocenters. The van der Waals surface area contributed by atoms with E-state index in [0.717, 1.165) is 12.8 Å². The number of amides is 2. The van der Waals surface area contributed by atoms with E-state index < -0.39 is 0 Å². The lowest BCUT2D eigenvalue weighted by Crippen LogP contribution is -2.55. The summed E-state index contributed by atoms with van der Waals surface area (Å²) in [6.45, 7) is 4.55. The van der Waals surface area contributed by atoms with Crippen molar-refractivity contribution in [3.63, 3.8) is 0 Å². The van der Waals surface area contributed by atoms with Crippen LogP contribution in [0, 0.1) is 0 Å². The minimum absolute atomic E-state index is 0.0526. The van der Waals surface area contributed by atoms with Crippen molar-refractivity contribution in [1.82, 2.24) is 20.0 Å². The number of hydrogen-bond acceptors (Lipinski definition) is 5. The first kappa shape index (κ1) is 20.4. The summed E-state index contributed by atoms with van der Waals surface area (Å²) < 4.78 is 10.6. The van der Waals surface area contributed by atoms with Crippen molar-refractivity contribution >= 4 is 17.8 Å². The predicted molar refractivity (Wildman–Crippen MR) is 98.0 cm³/mol. The van der Waals surface area contributed by atoms with Crippen molar-refractivity contribution in [3.05, 3.63) is 0 Å². The summed E-state index contributed by atoms with van der Waals surface area (Å²) in [5.74, 6) is 0.723. The molecule has 0 aliphatic carbocycles. The number of carbonyl (C=O) groups excluding carboxylic acids is 2. The Morgan fingerprint density at radius 3 is 2.50 bits per heavy atom. The number of piperazine rings is 1. The average molecular weight is 369 g/mol. The van der Waals surface area contributed by atoms with E-state index in [0.29, 0.717) is 51.9 Å². The third-order valence-electron chi connectivity index (χ3n) is 4.55. The molecule has 9 heteroatoms. The van der Waals surface area contributed by atoms with Crippen LogP contribution in [0.1, 0.15) is 12.8 Å². The van der Waals surface area contributed by atoms with Gasteiger partial charge in [-0.05, 0) is 12.8 Å². The molecule has 26 heavy (non-hydrogen) atoms. The zero-order valence-corrected chi connectivity index (χ0v) is 16.1. The summed E-state index contributed by atoms with van der Waals surface area (Å²) in [5, 5.41) is 3.24. The lowest BCUT2D eigenvalue weighted by molar-refractivity contribution is -0.142. The van der Waals surface area contributed by atoms with Gasteiger partial charge in [-0.15, -0.1) is 0 Å². The van der Waals surface area contributed by atoms with Gasteiger partial charge in [0.2, 0.25) is 5.91 Å². The highest BCUT2D eigenvalue weighted by molar-refractivity contribution is 5.85. The molecule has 0 aromatic rings. The van der Waals surface area contributed by atoms with Gasteiger partial charge in [-0.3, -0.25) is 9.59 Å². The van der Waals surface area contributed by atoms with Gasteiger partial charge in [0.25, 0.3) is 5.91 Å². The van der Waals surface area contributed by atoms with E-state index in [-0.39, 0.29) is 24.5 Å². The van der Waals surface area contributed by atoms with Gasteiger partial charge in [-0.1, -0.05) is 0 Å². The summed E-state index contributed by atoms with van der Waals surface area (Å²) >= 11 is 0. The number of carbonyl (C=O) groups is 2. The lowest BCUT2D eigenvalue weighted by Gasteiger charge is -2.37. The van der Waals surface area contributed by atoms with Crippen molar-refractivity contribution < 1.29 is 19.1 Å². The minimum Gasteiger partial charge on any atom is -0.383 e. The van der Waals surface area contributed by atoms with Crippen LogP contribution in [-0.4, -0.2) is 112 Å². The normalized spacial score (nSPS) is 21.0. The van der Waals surface area contributed by atoms with Crippen LogP contribution in [-0.2, 0) is 19.1 Å². The van der Waals surface area contributed by atoms with Gasteiger partial charge in [-0.2, -0.15) is 0 Å². The smallest absolute Gasteiger partial charge is 0.251 e.